The summed E-state index contributed by atoms with van der Waals surface area (Å²) in [5.41, 5.74) is 1.73. The summed E-state index contributed by atoms with van der Waals surface area (Å²) in [4.78, 5) is 14.9. The molecule has 1 aliphatic heterocycles. The topological polar surface area (TPSA) is 113 Å². The SMILES string of the molecule is CC(C)c1cc(-c2nnc(C(=O)NCC(F)(F)F)n2-c2ccc(CN3CCOCC3)c(Cl)c2)c(O)cc1O. The van der Waals surface area contributed by atoms with Crippen LogP contribution in [0.15, 0.2) is 30.3 Å². The number of phenols is 2. The van der Waals surface area contributed by atoms with Gasteiger partial charge >= 0.3 is 6.18 Å². The number of carbonyl (C=O) groups excluding carboxylic acids is 1. The van der Waals surface area contributed by atoms with Gasteiger partial charge in [-0.05, 0) is 35.2 Å². The molecule has 0 saturated carbocycles. The Morgan fingerprint density at radius 2 is 1.84 bits per heavy atom. The average Bonchev–Trinajstić information content (AvgIpc) is 3.29. The van der Waals surface area contributed by atoms with Crippen LogP contribution >= 0.6 is 11.6 Å². The van der Waals surface area contributed by atoms with Crippen LogP contribution in [0.3, 0.4) is 0 Å². The number of halogens is 4. The van der Waals surface area contributed by atoms with Crippen LogP contribution in [0, 0.1) is 0 Å². The highest BCUT2D eigenvalue weighted by Crippen LogP contribution is 2.38. The number of aromatic hydroxyl groups is 2. The van der Waals surface area contributed by atoms with Crippen molar-refractivity contribution in [2.24, 2.45) is 0 Å². The van der Waals surface area contributed by atoms with E-state index in [4.69, 9.17) is 16.3 Å². The van der Waals surface area contributed by atoms with E-state index in [-0.39, 0.29) is 28.8 Å². The molecule has 0 bridgehead atoms. The van der Waals surface area contributed by atoms with Gasteiger partial charge in [0.15, 0.2) is 5.82 Å². The summed E-state index contributed by atoms with van der Waals surface area (Å²) in [7, 11) is 0. The van der Waals surface area contributed by atoms with E-state index in [0.717, 1.165) is 24.7 Å². The van der Waals surface area contributed by atoms with Gasteiger partial charge in [-0.2, -0.15) is 13.2 Å². The number of carbonyl (C=O) groups is 1. The van der Waals surface area contributed by atoms with Gasteiger partial charge in [0.1, 0.15) is 18.0 Å². The monoisotopic (exact) mass is 553 g/mol. The fourth-order valence-corrected chi connectivity index (χ4v) is 4.38. The fourth-order valence-electron chi connectivity index (χ4n) is 4.15. The summed E-state index contributed by atoms with van der Waals surface area (Å²) < 4.78 is 44.9. The van der Waals surface area contributed by atoms with Crippen molar-refractivity contribution < 1.29 is 32.9 Å². The van der Waals surface area contributed by atoms with Gasteiger partial charge in [0.25, 0.3) is 5.91 Å². The van der Waals surface area contributed by atoms with Crippen molar-refractivity contribution in [3.63, 3.8) is 0 Å². The summed E-state index contributed by atoms with van der Waals surface area (Å²) in [5.74, 6) is -2.17. The molecule has 1 fully saturated rings. The van der Waals surface area contributed by atoms with E-state index in [1.807, 2.05) is 13.8 Å². The van der Waals surface area contributed by atoms with E-state index in [1.54, 1.807) is 23.5 Å². The molecule has 4 rings (SSSR count). The second-order valence-electron chi connectivity index (χ2n) is 9.23. The first kappa shape index (κ1) is 27.7. The van der Waals surface area contributed by atoms with Crippen LogP contribution in [-0.2, 0) is 11.3 Å². The van der Waals surface area contributed by atoms with Crippen molar-refractivity contribution in [1.29, 1.82) is 0 Å². The molecule has 0 radical (unpaired) electrons. The predicted octanol–water partition coefficient (Wildman–Crippen LogP) is 4.25. The molecule has 1 aromatic heterocycles. The van der Waals surface area contributed by atoms with E-state index < -0.39 is 24.5 Å². The minimum Gasteiger partial charge on any atom is -0.508 e. The molecule has 204 valence electrons. The van der Waals surface area contributed by atoms with Crippen LogP contribution in [0.25, 0.3) is 17.1 Å². The van der Waals surface area contributed by atoms with Crippen LogP contribution in [0.1, 0.15) is 41.5 Å². The number of nitrogens with one attached hydrogen (secondary N) is 1. The van der Waals surface area contributed by atoms with E-state index >= 15 is 0 Å². The maximum absolute atomic E-state index is 12.8. The molecule has 2 heterocycles. The number of hydrogen-bond acceptors (Lipinski definition) is 7. The number of aromatic nitrogens is 3. The zero-order chi connectivity index (χ0) is 27.6. The van der Waals surface area contributed by atoms with Crippen molar-refractivity contribution >= 4 is 17.5 Å². The number of ether oxygens (including phenoxy) is 1. The second kappa shape index (κ2) is 11.2. The highest BCUT2D eigenvalue weighted by Gasteiger charge is 2.30. The Balaban J connectivity index is 1.80. The molecule has 1 aliphatic rings. The van der Waals surface area contributed by atoms with Crippen molar-refractivity contribution in [1.82, 2.24) is 25.0 Å². The van der Waals surface area contributed by atoms with Gasteiger partial charge in [0.2, 0.25) is 5.82 Å². The highest BCUT2D eigenvalue weighted by atomic mass is 35.5. The zero-order valence-corrected chi connectivity index (χ0v) is 21.5. The minimum absolute atomic E-state index is 0.0152. The van der Waals surface area contributed by atoms with Crippen LogP contribution < -0.4 is 5.32 Å². The third-order valence-electron chi connectivity index (χ3n) is 6.12. The van der Waals surface area contributed by atoms with Gasteiger partial charge in [-0.3, -0.25) is 14.3 Å². The number of nitrogens with zero attached hydrogens (tertiary/aromatic N) is 4. The van der Waals surface area contributed by atoms with Crippen molar-refractivity contribution in [3.8, 4) is 28.6 Å². The molecule has 13 heteroatoms. The molecule has 0 atom stereocenters. The summed E-state index contributed by atoms with van der Waals surface area (Å²) >= 11 is 6.59. The molecule has 0 unspecified atom stereocenters. The molecule has 1 saturated heterocycles. The van der Waals surface area contributed by atoms with E-state index in [2.05, 4.69) is 15.1 Å². The Hall–Kier alpha value is -3.35. The van der Waals surface area contributed by atoms with Crippen LogP contribution in [0.2, 0.25) is 5.02 Å². The number of hydrogen-bond donors (Lipinski definition) is 3. The van der Waals surface area contributed by atoms with E-state index in [9.17, 15) is 28.2 Å². The Morgan fingerprint density at radius 1 is 1.13 bits per heavy atom. The van der Waals surface area contributed by atoms with Gasteiger partial charge in [-0.15, -0.1) is 10.2 Å². The third kappa shape index (κ3) is 6.20. The van der Waals surface area contributed by atoms with Crippen molar-refractivity contribution in [3.05, 3.63) is 52.3 Å². The molecule has 0 spiro atoms. The molecule has 0 aliphatic carbocycles. The lowest BCUT2D eigenvalue weighted by Gasteiger charge is -2.27. The number of amides is 1. The Labute approximate surface area is 221 Å². The fraction of sp³-hybridized carbons (Fsp3) is 0.400. The molecule has 38 heavy (non-hydrogen) atoms. The van der Waals surface area contributed by atoms with Gasteiger partial charge in [0, 0.05) is 30.7 Å². The van der Waals surface area contributed by atoms with Crippen LogP contribution in [-0.4, -0.2) is 74.8 Å². The van der Waals surface area contributed by atoms with Gasteiger partial charge < -0.3 is 20.3 Å². The van der Waals surface area contributed by atoms with Crippen molar-refractivity contribution in [2.45, 2.75) is 32.5 Å². The average molecular weight is 554 g/mol. The first-order valence-electron chi connectivity index (χ1n) is 11.9. The summed E-state index contributed by atoms with van der Waals surface area (Å²) in [5, 5.41) is 30.9. The molecule has 2 aromatic carbocycles. The summed E-state index contributed by atoms with van der Waals surface area (Å²) in [6, 6.07) is 7.61. The summed E-state index contributed by atoms with van der Waals surface area (Å²) in [6.45, 7) is 5.40. The van der Waals surface area contributed by atoms with Gasteiger partial charge in [-0.25, -0.2) is 0 Å². The molecule has 9 nitrogen and oxygen atoms in total. The Bertz CT molecular complexity index is 1320. The second-order valence-corrected chi connectivity index (χ2v) is 9.63. The number of alkyl halides is 3. The first-order chi connectivity index (χ1) is 17.9. The summed E-state index contributed by atoms with van der Waals surface area (Å²) in [6.07, 6.45) is -4.63. The molecule has 3 N–H and O–H groups in total. The van der Waals surface area contributed by atoms with Gasteiger partial charge in [-0.1, -0.05) is 31.5 Å². The lowest BCUT2D eigenvalue weighted by Crippen LogP contribution is -2.35. The Kier molecular flexibility index (Phi) is 8.14. The largest absolute Gasteiger partial charge is 0.508 e. The molecular weight excluding hydrogens is 527 g/mol. The predicted molar refractivity (Wildman–Crippen MR) is 134 cm³/mol. The molecule has 1 amide bonds. The van der Waals surface area contributed by atoms with E-state index in [1.165, 1.54) is 10.6 Å². The maximum atomic E-state index is 12.8. The third-order valence-corrected chi connectivity index (χ3v) is 6.47. The number of benzene rings is 2. The quantitative estimate of drug-likeness (QED) is 0.401. The van der Waals surface area contributed by atoms with Gasteiger partial charge in [0.05, 0.1) is 24.5 Å². The Morgan fingerprint density at radius 3 is 2.47 bits per heavy atom. The molecule has 3 aromatic rings. The lowest BCUT2D eigenvalue weighted by atomic mass is 9.98. The number of rotatable bonds is 7. The van der Waals surface area contributed by atoms with Crippen LogP contribution in [0.4, 0.5) is 13.2 Å². The zero-order valence-electron chi connectivity index (χ0n) is 20.7. The van der Waals surface area contributed by atoms with Crippen molar-refractivity contribution in [2.75, 3.05) is 32.8 Å². The van der Waals surface area contributed by atoms with Crippen LogP contribution in [0.5, 0.6) is 11.5 Å². The first-order valence-corrected chi connectivity index (χ1v) is 12.3. The highest BCUT2D eigenvalue weighted by molar-refractivity contribution is 6.31. The smallest absolute Gasteiger partial charge is 0.405 e. The van der Waals surface area contributed by atoms with E-state index in [0.29, 0.717) is 36.0 Å². The number of morpholine rings is 1. The normalized spacial score (nSPS) is 14.7. The minimum atomic E-state index is -4.63. The molecular formula is C25H27ClF3N5O4. The number of phenolic OH excluding ortho intramolecular Hbond substituents is 2. The maximum Gasteiger partial charge on any atom is 0.405 e. The standard InChI is InChI=1S/C25H27ClF3N5O4/c1-14(2)17-10-18(21(36)11-20(17)35)22-31-32-23(24(37)30-13-25(27,28)29)34(22)16-4-3-15(19(26)9-16)12-33-5-7-38-8-6-33/h3-4,9-11,14,35-36H,5-8,12-13H2,1-2H3,(H,30,37). The lowest BCUT2D eigenvalue weighted by molar-refractivity contribution is -0.123.